The predicted molar refractivity (Wildman–Crippen MR) is 116 cm³/mol. The molecule has 0 spiro atoms. The molecule has 2 rings (SSSR count). The van der Waals surface area contributed by atoms with Gasteiger partial charge in [0.15, 0.2) is 0 Å². The zero-order chi connectivity index (χ0) is 20.9. The average Bonchev–Trinajstić information content (AvgIpc) is 2.62. The van der Waals surface area contributed by atoms with Crippen molar-refractivity contribution in [3.63, 3.8) is 0 Å². The van der Waals surface area contributed by atoms with Gasteiger partial charge in [-0.05, 0) is 62.1 Å². The first kappa shape index (κ1) is 22.5. The lowest BCUT2D eigenvalue weighted by Gasteiger charge is -2.28. The predicted octanol–water partition coefficient (Wildman–Crippen LogP) is 4.21. The number of carbonyl (C=O) groups excluding carboxylic acids is 1. The number of hydrogen-bond donors (Lipinski definition) is 1. The topological polar surface area (TPSA) is 66.5 Å². The molecule has 0 radical (unpaired) electrons. The molecular weight excluding hydrogens is 419 g/mol. The van der Waals surface area contributed by atoms with Gasteiger partial charge in [-0.1, -0.05) is 41.4 Å². The molecular formula is C20H24Cl2N2O3S. The third-order valence-electron chi connectivity index (χ3n) is 4.35. The van der Waals surface area contributed by atoms with Crippen molar-refractivity contribution in [2.24, 2.45) is 0 Å². The van der Waals surface area contributed by atoms with Crippen molar-refractivity contribution in [2.75, 3.05) is 17.1 Å². The fraction of sp³-hybridized carbons (Fsp3) is 0.350. The van der Waals surface area contributed by atoms with Gasteiger partial charge < -0.3 is 5.32 Å². The van der Waals surface area contributed by atoms with E-state index < -0.39 is 16.1 Å². The van der Waals surface area contributed by atoms with Gasteiger partial charge in [0.2, 0.25) is 15.9 Å². The van der Waals surface area contributed by atoms with Crippen LogP contribution in [0, 0.1) is 6.92 Å². The maximum atomic E-state index is 12.5. The molecule has 28 heavy (non-hydrogen) atoms. The monoisotopic (exact) mass is 442 g/mol. The molecule has 2 aromatic carbocycles. The Kier molecular flexibility index (Phi) is 7.75. The average molecular weight is 443 g/mol. The zero-order valence-corrected chi connectivity index (χ0v) is 18.4. The third-order valence-corrected chi connectivity index (χ3v) is 6.25. The van der Waals surface area contributed by atoms with E-state index in [-0.39, 0.29) is 5.91 Å². The minimum atomic E-state index is -3.67. The fourth-order valence-electron chi connectivity index (χ4n) is 2.83. The van der Waals surface area contributed by atoms with Crippen LogP contribution < -0.4 is 9.62 Å². The molecule has 152 valence electrons. The Bertz CT molecular complexity index is 931. The Hall–Kier alpha value is -1.76. The molecule has 1 atom stereocenters. The van der Waals surface area contributed by atoms with Crippen molar-refractivity contribution in [3.05, 3.63) is 63.6 Å². The van der Waals surface area contributed by atoms with Gasteiger partial charge in [-0.3, -0.25) is 9.10 Å². The van der Waals surface area contributed by atoms with Crippen molar-refractivity contribution < 1.29 is 13.2 Å². The van der Waals surface area contributed by atoms with E-state index in [2.05, 4.69) is 5.32 Å². The summed E-state index contributed by atoms with van der Waals surface area (Å²) < 4.78 is 25.7. The number of aryl methyl sites for hydroxylation is 2. The number of halogens is 2. The second-order valence-electron chi connectivity index (χ2n) is 6.69. The first-order chi connectivity index (χ1) is 13.1. The molecule has 0 aliphatic rings. The highest BCUT2D eigenvalue weighted by atomic mass is 35.5. The van der Waals surface area contributed by atoms with Crippen molar-refractivity contribution in [3.8, 4) is 0 Å². The van der Waals surface area contributed by atoms with E-state index in [4.69, 9.17) is 23.2 Å². The van der Waals surface area contributed by atoms with Crippen LogP contribution in [0.25, 0.3) is 0 Å². The van der Waals surface area contributed by atoms with Gasteiger partial charge in [0.25, 0.3) is 0 Å². The number of nitrogens with zero attached hydrogens (tertiary/aromatic N) is 1. The molecule has 0 bridgehead atoms. The molecule has 8 heteroatoms. The fourth-order valence-corrected chi connectivity index (χ4v) is 4.30. The van der Waals surface area contributed by atoms with Crippen LogP contribution in [-0.2, 0) is 21.2 Å². The van der Waals surface area contributed by atoms with Crippen LogP contribution in [0.4, 0.5) is 5.69 Å². The lowest BCUT2D eigenvalue weighted by atomic mass is 10.1. The highest BCUT2D eigenvalue weighted by molar-refractivity contribution is 7.92. The molecule has 0 aliphatic carbocycles. The molecule has 1 amide bonds. The van der Waals surface area contributed by atoms with Gasteiger partial charge in [-0.25, -0.2) is 8.42 Å². The first-order valence-corrected chi connectivity index (χ1v) is 11.5. The minimum absolute atomic E-state index is 0.363. The van der Waals surface area contributed by atoms with Crippen LogP contribution in [0.3, 0.4) is 0 Å². The normalized spacial score (nSPS) is 12.5. The molecule has 0 fully saturated rings. The number of rotatable bonds is 8. The van der Waals surface area contributed by atoms with E-state index >= 15 is 0 Å². The van der Waals surface area contributed by atoms with Gasteiger partial charge in [0.1, 0.15) is 6.04 Å². The van der Waals surface area contributed by atoms with E-state index in [9.17, 15) is 13.2 Å². The quantitative estimate of drug-likeness (QED) is 0.622. The Morgan fingerprint density at radius 1 is 1.14 bits per heavy atom. The van der Waals surface area contributed by atoms with Crippen molar-refractivity contribution in [1.29, 1.82) is 0 Å². The maximum absolute atomic E-state index is 12.5. The second-order valence-corrected chi connectivity index (χ2v) is 9.39. The first-order valence-electron chi connectivity index (χ1n) is 8.87. The summed E-state index contributed by atoms with van der Waals surface area (Å²) in [7, 11) is -3.67. The summed E-state index contributed by atoms with van der Waals surface area (Å²) in [6, 6.07) is 11.6. The Labute approximate surface area is 176 Å². The summed E-state index contributed by atoms with van der Waals surface area (Å²) in [5.41, 5.74) is 2.32. The summed E-state index contributed by atoms with van der Waals surface area (Å²) in [6.07, 6.45) is 2.59. The lowest BCUT2D eigenvalue weighted by Crippen LogP contribution is -2.48. The summed E-state index contributed by atoms with van der Waals surface area (Å²) in [4.78, 5) is 12.5. The Morgan fingerprint density at radius 2 is 1.79 bits per heavy atom. The Morgan fingerprint density at radius 3 is 2.36 bits per heavy atom. The largest absolute Gasteiger partial charge is 0.354 e. The van der Waals surface area contributed by atoms with Crippen molar-refractivity contribution in [1.82, 2.24) is 5.32 Å². The van der Waals surface area contributed by atoms with Gasteiger partial charge in [-0.15, -0.1) is 0 Å². The van der Waals surface area contributed by atoms with E-state index in [0.717, 1.165) is 34.5 Å². The third kappa shape index (κ3) is 6.12. The van der Waals surface area contributed by atoms with Crippen LogP contribution in [0.1, 0.15) is 24.5 Å². The van der Waals surface area contributed by atoms with Gasteiger partial charge in [0.05, 0.1) is 11.9 Å². The molecule has 2 aromatic rings. The highest BCUT2D eigenvalue weighted by Gasteiger charge is 2.29. The smallest absolute Gasteiger partial charge is 0.243 e. The minimum Gasteiger partial charge on any atom is -0.354 e. The molecule has 5 nitrogen and oxygen atoms in total. The molecule has 0 saturated carbocycles. The zero-order valence-electron chi connectivity index (χ0n) is 16.1. The van der Waals surface area contributed by atoms with Crippen LogP contribution in [0.2, 0.25) is 10.0 Å². The molecule has 0 heterocycles. The SMILES string of the molecule is Cc1ccc(N([C@@H](C)C(=O)NCCCc2ccc(Cl)cc2)S(C)(=O)=O)cc1Cl. The molecule has 0 aromatic heterocycles. The number of carbonyl (C=O) groups is 1. The summed E-state index contributed by atoms with van der Waals surface area (Å²) in [5.74, 6) is -0.363. The second kappa shape index (κ2) is 9.63. The summed E-state index contributed by atoms with van der Waals surface area (Å²) >= 11 is 12.0. The van der Waals surface area contributed by atoms with Crippen molar-refractivity contribution >= 4 is 44.8 Å². The number of amides is 1. The van der Waals surface area contributed by atoms with E-state index in [1.54, 1.807) is 25.1 Å². The summed E-state index contributed by atoms with van der Waals surface area (Å²) in [5, 5.41) is 3.94. The number of hydrogen-bond acceptors (Lipinski definition) is 3. The molecule has 0 unspecified atom stereocenters. The van der Waals surface area contributed by atoms with Crippen LogP contribution in [0.15, 0.2) is 42.5 Å². The van der Waals surface area contributed by atoms with E-state index in [1.807, 2.05) is 31.2 Å². The molecule has 0 saturated heterocycles. The lowest BCUT2D eigenvalue weighted by molar-refractivity contribution is -0.121. The number of benzene rings is 2. The van der Waals surface area contributed by atoms with Gasteiger partial charge in [0, 0.05) is 16.6 Å². The molecule has 1 N–H and O–H groups in total. The van der Waals surface area contributed by atoms with Gasteiger partial charge in [-0.2, -0.15) is 0 Å². The molecule has 0 aliphatic heterocycles. The highest BCUT2D eigenvalue weighted by Crippen LogP contribution is 2.26. The van der Waals surface area contributed by atoms with E-state index in [0.29, 0.717) is 22.3 Å². The van der Waals surface area contributed by atoms with Crippen LogP contribution in [0.5, 0.6) is 0 Å². The number of sulfonamides is 1. The van der Waals surface area contributed by atoms with Crippen molar-refractivity contribution in [2.45, 2.75) is 32.7 Å². The van der Waals surface area contributed by atoms with Crippen LogP contribution >= 0.6 is 23.2 Å². The van der Waals surface area contributed by atoms with E-state index in [1.165, 1.54) is 0 Å². The van der Waals surface area contributed by atoms with Crippen LogP contribution in [-0.4, -0.2) is 33.2 Å². The number of anilines is 1. The van der Waals surface area contributed by atoms with Gasteiger partial charge >= 0.3 is 0 Å². The standard InChI is InChI=1S/C20H24Cl2N2O3S/c1-14-6-11-18(13-19(14)22)24(28(3,26)27)15(2)20(25)23-12-4-5-16-7-9-17(21)10-8-16/h6-11,13,15H,4-5,12H2,1-3H3,(H,23,25)/t15-/m0/s1. The summed E-state index contributed by atoms with van der Waals surface area (Å²) in [6.45, 7) is 3.83. The maximum Gasteiger partial charge on any atom is 0.243 e. The Balaban J connectivity index is 2.01. The number of nitrogens with one attached hydrogen (secondary N) is 1.